The lowest BCUT2D eigenvalue weighted by molar-refractivity contribution is 0.0601. The number of benzene rings is 2. The lowest BCUT2D eigenvalue weighted by Gasteiger charge is -2.23. The van der Waals surface area contributed by atoms with Crippen LogP contribution in [0.2, 0.25) is 5.02 Å². The van der Waals surface area contributed by atoms with Crippen LogP contribution in [0.15, 0.2) is 48.7 Å². The molecule has 1 aliphatic heterocycles. The number of methoxy groups -OCH3 is 1. The summed E-state index contributed by atoms with van der Waals surface area (Å²) >= 11 is 6.25. The predicted molar refractivity (Wildman–Crippen MR) is 108 cm³/mol. The minimum absolute atomic E-state index is 0.258. The zero-order chi connectivity index (χ0) is 19.7. The first-order chi connectivity index (χ1) is 13.6. The summed E-state index contributed by atoms with van der Waals surface area (Å²) in [5, 5.41) is 11.6. The van der Waals surface area contributed by atoms with Crippen molar-refractivity contribution in [1.29, 1.82) is 0 Å². The molecule has 1 aliphatic rings. The van der Waals surface area contributed by atoms with Crippen LogP contribution in [0.1, 0.15) is 22.8 Å². The lowest BCUT2D eigenvalue weighted by atomic mass is 10.1. The molecule has 0 saturated carbocycles. The summed E-state index contributed by atoms with van der Waals surface area (Å²) < 4.78 is 4.75. The van der Waals surface area contributed by atoms with Gasteiger partial charge < -0.3 is 15.0 Å². The number of hydrogen-bond donors (Lipinski definition) is 1. The number of esters is 1. The van der Waals surface area contributed by atoms with E-state index in [1.807, 2.05) is 12.1 Å². The summed E-state index contributed by atoms with van der Waals surface area (Å²) in [6.07, 6.45) is 2.58. The van der Waals surface area contributed by atoms with Gasteiger partial charge in [0.25, 0.3) is 0 Å². The second-order valence-electron chi connectivity index (χ2n) is 6.50. The molecule has 2 aromatic carbocycles. The number of nitrogens with zero attached hydrogens (tertiary/aromatic N) is 4. The zero-order valence-electron chi connectivity index (χ0n) is 15.4. The Bertz CT molecular complexity index is 1040. The third-order valence-electron chi connectivity index (χ3n) is 4.63. The van der Waals surface area contributed by atoms with Crippen LogP contribution >= 0.6 is 11.6 Å². The summed E-state index contributed by atoms with van der Waals surface area (Å²) in [6.45, 7) is 2.14. The largest absolute Gasteiger partial charge is 0.465 e. The van der Waals surface area contributed by atoms with Gasteiger partial charge in [0.15, 0.2) is 5.82 Å². The molecule has 1 atom stereocenters. The number of hydrogen-bond acceptors (Lipinski definition) is 7. The molecule has 3 aromatic rings. The van der Waals surface area contributed by atoms with Gasteiger partial charge in [0.05, 0.1) is 29.6 Å². The Hall–Kier alpha value is -3.19. The highest BCUT2D eigenvalue weighted by Crippen LogP contribution is 2.37. The number of anilines is 4. The second-order valence-corrected chi connectivity index (χ2v) is 6.91. The summed E-state index contributed by atoms with van der Waals surface area (Å²) in [6, 6.07) is 13.3. The van der Waals surface area contributed by atoms with Crippen LogP contribution in [0.25, 0.3) is 0 Å². The van der Waals surface area contributed by atoms with Crippen LogP contribution in [-0.2, 0) is 11.2 Å². The minimum Gasteiger partial charge on any atom is -0.465 e. The fraction of sp³-hybridized carbons (Fsp3) is 0.200. The average molecular weight is 396 g/mol. The Morgan fingerprint density at radius 2 is 2.11 bits per heavy atom. The summed E-state index contributed by atoms with van der Waals surface area (Å²) in [5.41, 5.74) is 3.27. The number of rotatable bonds is 4. The van der Waals surface area contributed by atoms with Gasteiger partial charge in [-0.3, -0.25) is 0 Å². The van der Waals surface area contributed by atoms with Gasteiger partial charge >= 0.3 is 5.97 Å². The molecule has 28 heavy (non-hydrogen) atoms. The quantitative estimate of drug-likeness (QED) is 0.665. The van der Waals surface area contributed by atoms with E-state index in [0.29, 0.717) is 22.1 Å². The summed E-state index contributed by atoms with van der Waals surface area (Å²) in [5.74, 6) is 0.531. The van der Waals surface area contributed by atoms with Crippen molar-refractivity contribution in [3.8, 4) is 0 Å². The zero-order valence-corrected chi connectivity index (χ0v) is 16.1. The second kappa shape index (κ2) is 7.44. The minimum atomic E-state index is -0.449. The number of aromatic nitrogens is 3. The third-order valence-corrected chi connectivity index (χ3v) is 4.96. The van der Waals surface area contributed by atoms with E-state index in [-0.39, 0.29) is 12.0 Å². The van der Waals surface area contributed by atoms with Gasteiger partial charge in [0.1, 0.15) is 0 Å². The molecule has 0 bridgehead atoms. The molecular weight excluding hydrogens is 378 g/mol. The average Bonchev–Trinajstić information content (AvgIpc) is 3.05. The Kier molecular flexibility index (Phi) is 4.83. The van der Waals surface area contributed by atoms with E-state index < -0.39 is 5.97 Å². The molecule has 7 nitrogen and oxygen atoms in total. The van der Waals surface area contributed by atoms with Gasteiger partial charge in [0, 0.05) is 11.7 Å². The summed E-state index contributed by atoms with van der Waals surface area (Å²) in [4.78, 5) is 18.5. The molecule has 0 spiro atoms. The van der Waals surface area contributed by atoms with Crippen LogP contribution in [0.5, 0.6) is 0 Å². The smallest absolute Gasteiger partial charge is 0.337 e. The lowest BCUT2D eigenvalue weighted by Crippen LogP contribution is -2.25. The van der Waals surface area contributed by atoms with E-state index >= 15 is 0 Å². The van der Waals surface area contributed by atoms with Gasteiger partial charge in [-0.15, -0.1) is 5.10 Å². The topological polar surface area (TPSA) is 80.2 Å². The SMILES string of the molecule is COC(=O)c1ccc(Cl)c(Nc2nncc(N3c4ccccc4CC3C)n2)c1. The highest BCUT2D eigenvalue weighted by atomic mass is 35.5. The van der Waals surface area contributed by atoms with E-state index in [2.05, 4.69) is 44.5 Å². The fourth-order valence-electron chi connectivity index (χ4n) is 3.36. The highest BCUT2D eigenvalue weighted by Gasteiger charge is 2.28. The van der Waals surface area contributed by atoms with E-state index in [9.17, 15) is 4.79 Å². The Balaban J connectivity index is 1.65. The van der Waals surface area contributed by atoms with Crippen molar-refractivity contribution in [1.82, 2.24) is 15.2 Å². The van der Waals surface area contributed by atoms with Crippen molar-refractivity contribution in [2.24, 2.45) is 0 Å². The fourth-order valence-corrected chi connectivity index (χ4v) is 3.53. The van der Waals surface area contributed by atoms with Crippen molar-refractivity contribution < 1.29 is 9.53 Å². The molecule has 1 aromatic heterocycles. The number of nitrogens with one attached hydrogen (secondary N) is 1. The van der Waals surface area contributed by atoms with Crippen LogP contribution in [0, 0.1) is 0 Å². The molecule has 8 heteroatoms. The van der Waals surface area contributed by atoms with Gasteiger partial charge in [0.2, 0.25) is 5.95 Å². The molecule has 1 N–H and O–H groups in total. The van der Waals surface area contributed by atoms with Gasteiger partial charge in [-0.05, 0) is 43.2 Å². The molecule has 4 rings (SSSR count). The number of carbonyl (C=O) groups is 1. The molecule has 142 valence electrons. The van der Waals surface area contributed by atoms with Crippen LogP contribution in [-0.4, -0.2) is 34.3 Å². The highest BCUT2D eigenvalue weighted by molar-refractivity contribution is 6.33. The van der Waals surface area contributed by atoms with E-state index in [1.165, 1.54) is 12.7 Å². The number of halogens is 1. The molecule has 0 radical (unpaired) electrons. The maximum Gasteiger partial charge on any atom is 0.337 e. The number of carbonyl (C=O) groups excluding carboxylic acids is 1. The van der Waals surface area contributed by atoms with Crippen LogP contribution in [0.4, 0.5) is 23.1 Å². The van der Waals surface area contributed by atoms with E-state index in [0.717, 1.165) is 12.1 Å². The van der Waals surface area contributed by atoms with Crippen molar-refractivity contribution >= 4 is 40.7 Å². The van der Waals surface area contributed by atoms with Crippen LogP contribution < -0.4 is 10.2 Å². The number of fused-ring (bicyclic) bond motifs is 1. The molecule has 2 heterocycles. The molecule has 0 saturated heterocycles. The van der Waals surface area contributed by atoms with Gasteiger partial charge in [-0.25, -0.2) is 4.79 Å². The Morgan fingerprint density at radius 1 is 1.29 bits per heavy atom. The number of ether oxygens (including phenoxy) is 1. The van der Waals surface area contributed by atoms with Gasteiger partial charge in [-0.2, -0.15) is 10.1 Å². The van der Waals surface area contributed by atoms with Crippen molar-refractivity contribution in [3.05, 3.63) is 64.8 Å². The van der Waals surface area contributed by atoms with E-state index in [1.54, 1.807) is 24.4 Å². The maximum atomic E-state index is 11.8. The molecule has 1 unspecified atom stereocenters. The van der Waals surface area contributed by atoms with Crippen molar-refractivity contribution in [2.45, 2.75) is 19.4 Å². The molecule has 0 aliphatic carbocycles. The van der Waals surface area contributed by atoms with Gasteiger partial charge in [-0.1, -0.05) is 29.8 Å². The summed E-state index contributed by atoms with van der Waals surface area (Å²) in [7, 11) is 1.33. The number of para-hydroxylation sites is 1. The monoisotopic (exact) mass is 395 g/mol. The van der Waals surface area contributed by atoms with Crippen LogP contribution in [0.3, 0.4) is 0 Å². The maximum absolute atomic E-state index is 11.8. The Labute approximate surface area is 167 Å². The molecule has 0 amide bonds. The first kappa shape index (κ1) is 18.2. The van der Waals surface area contributed by atoms with E-state index in [4.69, 9.17) is 16.3 Å². The first-order valence-corrected chi connectivity index (χ1v) is 9.16. The standard InChI is InChI=1S/C20H18ClN5O2/c1-12-9-13-5-3-4-6-17(13)26(12)18-11-22-25-20(24-18)23-16-10-14(19(27)28-2)7-8-15(16)21/h3-8,10-12H,9H2,1-2H3,(H,23,24,25). The molecule has 0 fully saturated rings. The normalized spacial score (nSPS) is 15.2. The molecular formula is C20H18ClN5O2. The van der Waals surface area contributed by atoms with Crippen molar-refractivity contribution in [2.75, 3.05) is 17.3 Å². The first-order valence-electron chi connectivity index (χ1n) is 8.78. The Morgan fingerprint density at radius 3 is 2.93 bits per heavy atom. The third kappa shape index (κ3) is 3.36. The predicted octanol–water partition coefficient (Wildman–Crippen LogP) is 4.14. The van der Waals surface area contributed by atoms with Crippen molar-refractivity contribution in [3.63, 3.8) is 0 Å².